The molecule has 0 aliphatic heterocycles. The molecule has 0 aliphatic carbocycles. The van der Waals surface area contributed by atoms with Crippen molar-refractivity contribution in [2.45, 2.75) is 46.1 Å². The van der Waals surface area contributed by atoms with E-state index >= 15 is 0 Å². The fourth-order valence-corrected chi connectivity index (χ4v) is 2.36. The zero-order valence-corrected chi connectivity index (χ0v) is 11.6. The summed E-state index contributed by atoms with van der Waals surface area (Å²) in [5, 5.41) is 0. The molecule has 0 bridgehead atoms. The maximum absolute atomic E-state index is 5.77. The normalized spacial score (nSPS) is 13.3. The Balaban J connectivity index is 2.10. The fraction of sp³-hybridized carbons (Fsp3) is 0.533. The predicted octanol–water partition coefficient (Wildman–Crippen LogP) is 4.01. The Morgan fingerprint density at radius 3 is 2.72 bits per heavy atom. The van der Waals surface area contributed by atoms with Gasteiger partial charge in [0, 0.05) is 11.7 Å². The van der Waals surface area contributed by atoms with Crippen molar-refractivity contribution in [2.24, 2.45) is 5.92 Å². The van der Waals surface area contributed by atoms with Crippen LogP contribution in [0.4, 0.5) is 5.69 Å². The average molecular weight is 245 g/mol. The Morgan fingerprint density at radius 2 is 2.00 bits per heavy atom. The summed E-state index contributed by atoms with van der Waals surface area (Å²) in [5.41, 5.74) is 8.72. The molecule has 1 unspecified atom stereocenters. The van der Waals surface area contributed by atoms with E-state index in [0.29, 0.717) is 6.04 Å². The summed E-state index contributed by atoms with van der Waals surface area (Å²) in [6, 6.07) is 6.45. The molecular weight excluding hydrogens is 222 g/mol. The number of imidazole rings is 1. The second kappa shape index (κ2) is 5.42. The Morgan fingerprint density at radius 1 is 1.22 bits per heavy atom. The predicted molar refractivity (Wildman–Crippen MR) is 77.5 cm³/mol. The van der Waals surface area contributed by atoms with E-state index < -0.39 is 0 Å². The smallest absolute Gasteiger partial charge is 0.0960 e. The topological polar surface area (TPSA) is 43.8 Å². The maximum Gasteiger partial charge on any atom is 0.0960 e. The van der Waals surface area contributed by atoms with Gasteiger partial charge in [0.1, 0.15) is 0 Å². The van der Waals surface area contributed by atoms with Gasteiger partial charge in [0.05, 0.1) is 17.4 Å². The lowest BCUT2D eigenvalue weighted by Gasteiger charge is -2.15. The minimum atomic E-state index is 0.498. The van der Waals surface area contributed by atoms with Crippen molar-refractivity contribution in [1.29, 1.82) is 0 Å². The molecule has 0 radical (unpaired) electrons. The molecule has 0 saturated carbocycles. The molecule has 0 fully saturated rings. The standard InChI is InChI=1S/C15H23N3/c1-11(2)5-4-6-12(3)18-10-17-14-9-13(16)7-8-15(14)18/h7-12H,4-6,16H2,1-3H3. The highest BCUT2D eigenvalue weighted by Gasteiger charge is 2.09. The van der Waals surface area contributed by atoms with Crippen LogP contribution in [0.3, 0.4) is 0 Å². The number of benzene rings is 1. The second-order valence-corrected chi connectivity index (χ2v) is 5.57. The third kappa shape index (κ3) is 2.84. The zero-order valence-electron chi connectivity index (χ0n) is 11.6. The van der Waals surface area contributed by atoms with Crippen molar-refractivity contribution in [3.05, 3.63) is 24.5 Å². The number of hydrogen-bond donors (Lipinski definition) is 1. The summed E-state index contributed by atoms with van der Waals surface area (Å²) < 4.78 is 2.26. The third-order valence-corrected chi connectivity index (χ3v) is 3.48. The van der Waals surface area contributed by atoms with Crippen molar-refractivity contribution < 1.29 is 0 Å². The van der Waals surface area contributed by atoms with E-state index in [2.05, 4.69) is 36.4 Å². The van der Waals surface area contributed by atoms with E-state index in [4.69, 9.17) is 5.73 Å². The van der Waals surface area contributed by atoms with Gasteiger partial charge in [-0.05, 0) is 37.5 Å². The number of rotatable bonds is 5. The van der Waals surface area contributed by atoms with Crippen LogP contribution in [-0.2, 0) is 0 Å². The quantitative estimate of drug-likeness (QED) is 0.809. The highest BCUT2D eigenvalue weighted by molar-refractivity contribution is 5.79. The van der Waals surface area contributed by atoms with Crippen LogP contribution in [0.1, 0.15) is 46.1 Å². The van der Waals surface area contributed by atoms with Gasteiger partial charge in [-0.15, -0.1) is 0 Å². The number of anilines is 1. The highest BCUT2D eigenvalue weighted by atomic mass is 15.1. The Bertz CT molecular complexity index is 513. The molecule has 0 aliphatic rings. The molecule has 0 amide bonds. The molecule has 1 heterocycles. The van der Waals surface area contributed by atoms with Gasteiger partial charge in [-0.25, -0.2) is 4.98 Å². The first-order valence-corrected chi connectivity index (χ1v) is 6.80. The summed E-state index contributed by atoms with van der Waals surface area (Å²) in [4.78, 5) is 4.43. The van der Waals surface area contributed by atoms with E-state index in [0.717, 1.165) is 17.1 Å². The van der Waals surface area contributed by atoms with E-state index in [-0.39, 0.29) is 0 Å². The summed E-state index contributed by atoms with van der Waals surface area (Å²) in [6.45, 7) is 6.82. The summed E-state index contributed by atoms with van der Waals surface area (Å²) in [6.07, 6.45) is 5.70. The average Bonchev–Trinajstić information content (AvgIpc) is 2.71. The lowest BCUT2D eigenvalue weighted by Crippen LogP contribution is -2.04. The maximum atomic E-state index is 5.77. The number of nitrogens with zero attached hydrogens (tertiary/aromatic N) is 2. The van der Waals surface area contributed by atoms with Crippen LogP contribution in [-0.4, -0.2) is 9.55 Å². The molecule has 2 aromatic rings. The van der Waals surface area contributed by atoms with E-state index in [1.807, 2.05) is 18.5 Å². The van der Waals surface area contributed by atoms with Crippen LogP contribution in [0.5, 0.6) is 0 Å². The Labute approximate surface area is 109 Å². The largest absolute Gasteiger partial charge is 0.399 e. The van der Waals surface area contributed by atoms with Crippen molar-refractivity contribution in [2.75, 3.05) is 5.73 Å². The molecule has 98 valence electrons. The first kappa shape index (κ1) is 12.9. The molecule has 1 aromatic heterocycles. The molecule has 3 heteroatoms. The molecule has 0 spiro atoms. The van der Waals surface area contributed by atoms with Crippen LogP contribution in [0.2, 0.25) is 0 Å². The minimum Gasteiger partial charge on any atom is -0.399 e. The van der Waals surface area contributed by atoms with Crippen molar-refractivity contribution in [3.63, 3.8) is 0 Å². The van der Waals surface area contributed by atoms with Gasteiger partial charge in [0.2, 0.25) is 0 Å². The van der Waals surface area contributed by atoms with Gasteiger partial charge in [-0.3, -0.25) is 0 Å². The number of fused-ring (bicyclic) bond motifs is 1. The van der Waals surface area contributed by atoms with Gasteiger partial charge in [0.25, 0.3) is 0 Å². The fourth-order valence-electron chi connectivity index (χ4n) is 2.36. The molecule has 3 nitrogen and oxygen atoms in total. The summed E-state index contributed by atoms with van der Waals surface area (Å²) in [5.74, 6) is 0.788. The first-order valence-electron chi connectivity index (χ1n) is 6.80. The van der Waals surface area contributed by atoms with Crippen LogP contribution in [0.25, 0.3) is 11.0 Å². The molecule has 0 saturated heterocycles. The lowest BCUT2D eigenvalue weighted by atomic mass is 10.0. The van der Waals surface area contributed by atoms with E-state index in [9.17, 15) is 0 Å². The molecule has 2 rings (SSSR count). The monoisotopic (exact) mass is 245 g/mol. The van der Waals surface area contributed by atoms with Crippen LogP contribution < -0.4 is 5.73 Å². The van der Waals surface area contributed by atoms with Gasteiger partial charge in [-0.1, -0.05) is 26.7 Å². The zero-order chi connectivity index (χ0) is 13.1. The Kier molecular flexibility index (Phi) is 3.90. The highest BCUT2D eigenvalue weighted by Crippen LogP contribution is 2.23. The minimum absolute atomic E-state index is 0.498. The first-order chi connectivity index (χ1) is 8.58. The van der Waals surface area contributed by atoms with Gasteiger partial charge < -0.3 is 10.3 Å². The molecule has 18 heavy (non-hydrogen) atoms. The van der Waals surface area contributed by atoms with E-state index in [1.54, 1.807) is 0 Å². The molecule has 2 N–H and O–H groups in total. The number of nitrogens with two attached hydrogens (primary N) is 1. The molecular formula is C15H23N3. The SMILES string of the molecule is CC(C)CCCC(C)n1cnc2cc(N)ccc21. The third-order valence-electron chi connectivity index (χ3n) is 3.48. The number of nitrogen functional groups attached to an aromatic ring is 1. The Hall–Kier alpha value is -1.51. The summed E-state index contributed by atoms with van der Waals surface area (Å²) >= 11 is 0. The number of aromatic nitrogens is 2. The van der Waals surface area contributed by atoms with Crippen LogP contribution in [0, 0.1) is 5.92 Å². The van der Waals surface area contributed by atoms with Crippen LogP contribution in [0.15, 0.2) is 24.5 Å². The van der Waals surface area contributed by atoms with E-state index in [1.165, 1.54) is 24.8 Å². The number of hydrogen-bond acceptors (Lipinski definition) is 2. The molecule has 1 aromatic carbocycles. The van der Waals surface area contributed by atoms with Crippen LogP contribution >= 0.6 is 0 Å². The van der Waals surface area contributed by atoms with Crippen molar-refractivity contribution in [3.8, 4) is 0 Å². The lowest BCUT2D eigenvalue weighted by molar-refractivity contribution is 0.453. The van der Waals surface area contributed by atoms with Gasteiger partial charge in [-0.2, -0.15) is 0 Å². The summed E-state index contributed by atoms with van der Waals surface area (Å²) in [7, 11) is 0. The van der Waals surface area contributed by atoms with Gasteiger partial charge in [0.15, 0.2) is 0 Å². The van der Waals surface area contributed by atoms with Crippen molar-refractivity contribution in [1.82, 2.24) is 9.55 Å². The van der Waals surface area contributed by atoms with Crippen molar-refractivity contribution >= 4 is 16.7 Å². The molecule has 1 atom stereocenters. The second-order valence-electron chi connectivity index (χ2n) is 5.57. The van der Waals surface area contributed by atoms with Gasteiger partial charge >= 0.3 is 0 Å².